The summed E-state index contributed by atoms with van der Waals surface area (Å²) in [5.41, 5.74) is 0.879. The van der Waals surface area contributed by atoms with Crippen LogP contribution in [0.2, 0.25) is 10.0 Å². The van der Waals surface area contributed by atoms with Crippen LogP contribution >= 0.6 is 23.2 Å². The molecule has 1 aliphatic carbocycles. The molecule has 2 heterocycles. The summed E-state index contributed by atoms with van der Waals surface area (Å²) in [6, 6.07) is 4.23. The van der Waals surface area contributed by atoms with Crippen molar-refractivity contribution in [2.24, 2.45) is 5.92 Å². The van der Waals surface area contributed by atoms with Gasteiger partial charge in [0.1, 0.15) is 6.54 Å². The number of benzene rings is 1. The third kappa shape index (κ3) is 4.69. The zero-order valence-electron chi connectivity index (χ0n) is 17.3. The number of methoxy groups -OCH3 is 1. The molecular weight excluding hydrogens is 471 g/mol. The molecule has 4 rings (SSSR count). The number of rotatable bonds is 7. The lowest BCUT2D eigenvalue weighted by Crippen LogP contribution is -2.30. The van der Waals surface area contributed by atoms with E-state index in [4.69, 9.17) is 23.2 Å². The van der Waals surface area contributed by atoms with Crippen LogP contribution in [0.4, 0.5) is 5.82 Å². The zero-order valence-corrected chi connectivity index (χ0v) is 18.8. The molecule has 3 N–H and O–H groups in total. The summed E-state index contributed by atoms with van der Waals surface area (Å²) in [6.07, 6.45) is 4.69. The Labute approximate surface area is 197 Å². The number of hydrogen-bond donors (Lipinski definition) is 3. The number of amides is 2. The molecule has 2 amide bonds. The molecule has 0 aliphatic heterocycles. The number of nitrogens with one attached hydrogen (secondary N) is 3. The number of halogens is 2. The van der Waals surface area contributed by atoms with Crippen molar-refractivity contribution in [3.05, 3.63) is 57.3 Å². The Balaban J connectivity index is 1.62. The Morgan fingerprint density at radius 1 is 1.18 bits per heavy atom. The first-order valence-electron chi connectivity index (χ1n) is 9.95. The van der Waals surface area contributed by atoms with Gasteiger partial charge in [-0.15, -0.1) is 0 Å². The van der Waals surface area contributed by atoms with E-state index in [0.717, 1.165) is 12.8 Å². The number of anilines is 1. The summed E-state index contributed by atoms with van der Waals surface area (Å²) < 4.78 is 4.47. The highest BCUT2D eigenvalue weighted by molar-refractivity contribution is 6.42. The van der Waals surface area contributed by atoms with E-state index >= 15 is 0 Å². The molecule has 2 aromatic heterocycles. The van der Waals surface area contributed by atoms with Crippen molar-refractivity contribution in [2.75, 3.05) is 19.0 Å². The minimum absolute atomic E-state index is 0.000863. The number of fused-ring (bicyclic) bond motifs is 1. The van der Waals surface area contributed by atoms with Crippen molar-refractivity contribution in [1.82, 2.24) is 15.3 Å². The Bertz CT molecular complexity index is 1280. The van der Waals surface area contributed by atoms with Crippen molar-refractivity contribution in [2.45, 2.75) is 12.8 Å². The summed E-state index contributed by atoms with van der Waals surface area (Å²) in [7, 11) is 1.20. The van der Waals surface area contributed by atoms with Crippen LogP contribution in [0.15, 0.2) is 30.6 Å². The van der Waals surface area contributed by atoms with Crippen molar-refractivity contribution in [3.8, 4) is 0 Å². The summed E-state index contributed by atoms with van der Waals surface area (Å²) in [5, 5.41) is 5.64. The number of carbonyl (C=O) groups excluding carboxylic acids is 4. The van der Waals surface area contributed by atoms with E-state index in [-0.39, 0.29) is 45.1 Å². The van der Waals surface area contributed by atoms with Crippen molar-refractivity contribution in [1.29, 1.82) is 0 Å². The average molecular weight is 489 g/mol. The second-order valence-electron chi connectivity index (χ2n) is 7.45. The number of ether oxygens (including phenoxy) is 1. The topological polar surface area (TPSA) is 130 Å². The summed E-state index contributed by atoms with van der Waals surface area (Å²) in [5.74, 6) is -1.46. The highest BCUT2D eigenvalue weighted by Gasteiger charge is 2.30. The largest absolute Gasteiger partial charge is 0.468 e. The fourth-order valence-electron chi connectivity index (χ4n) is 3.28. The zero-order chi connectivity index (χ0) is 23.7. The van der Waals surface area contributed by atoms with E-state index in [1.807, 2.05) is 0 Å². The minimum Gasteiger partial charge on any atom is -0.468 e. The first-order valence-corrected chi connectivity index (χ1v) is 10.7. The molecule has 1 saturated carbocycles. The smallest absolute Gasteiger partial charge is 0.325 e. The molecule has 0 atom stereocenters. The minimum atomic E-state index is -0.617. The van der Waals surface area contributed by atoms with Gasteiger partial charge in [0.2, 0.25) is 5.91 Å². The highest BCUT2D eigenvalue weighted by Crippen LogP contribution is 2.34. The van der Waals surface area contributed by atoms with Gasteiger partial charge in [0, 0.05) is 34.8 Å². The third-order valence-corrected chi connectivity index (χ3v) is 5.78. The fraction of sp³-hybridized carbons (Fsp3) is 0.227. The highest BCUT2D eigenvalue weighted by atomic mass is 35.5. The van der Waals surface area contributed by atoms with Crippen LogP contribution in [0, 0.1) is 5.92 Å². The van der Waals surface area contributed by atoms with Crippen LogP contribution in [0.25, 0.3) is 10.9 Å². The van der Waals surface area contributed by atoms with E-state index in [9.17, 15) is 19.2 Å². The lowest BCUT2D eigenvalue weighted by atomic mass is 10.0. The fourth-order valence-corrected chi connectivity index (χ4v) is 3.94. The number of hydrogen-bond acceptors (Lipinski definition) is 6. The molecule has 0 unspecified atom stereocenters. The molecule has 170 valence electrons. The molecule has 0 saturated heterocycles. The number of esters is 1. The third-order valence-electron chi connectivity index (χ3n) is 5.19. The van der Waals surface area contributed by atoms with Crippen LogP contribution in [0.3, 0.4) is 0 Å². The molecule has 0 radical (unpaired) electrons. The van der Waals surface area contributed by atoms with Gasteiger partial charge in [0.15, 0.2) is 11.6 Å². The molecule has 0 spiro atoms. The standard InChI is InChI=1S/C22H18Cl2N4O5/c1-33-16(29)9-27-21(31)11-6-14(23)17(15(24)7-11)19(30)13-8-26-18-12(13)4-5-25-20(18)28-22(32)10-2-3-10/h4-8,10,26H,2-3,9H2,1H3,(H,27,31)(H,25,28,32). The lowest BCUT2D eigenvalue weighted by molar-refractivity contribution is -0.139. The number of carbonyl (C=O) groups is 4. The normalized spacial score (nSPS) is 12.9. The van der Waals surface area contributed by atoms with Crippen molar-refractivity contribution < 1.29 is 23.9 Å². The number of pyridine rings is 1. The Kier molecular flexibility index (Phi) is 6.35. The van der Waals surface area contributed by atoms with Crippen molar-refractivity contribution in [3.63, 3.8) is 0 Å². The van der Waals surface area contributed by atoms with Gasteiger partial charge < -0.3 is 20.4 Å². The van der Waals surface area contributed by atoms with Crippen LogP contribution in [-0.2, 0) is 14.3 Å². The maximum atomic E-state index is 13.3. The van der Waals surface area contributed by atoms with Gasteiger partial charge in [0.25, 0.3) is 5.91 Å². The van der Waals surface area contributed by atoms with Crippen LogP contribution in [-0.4, -0.2) is 47.2 Å². The van der Waals surface area contributed by atoms with Gasteiger partial charge in [-0.25, -0.2) is 4.98 Å². The number of H-pyrrole nitrogens is 1. The number of nitrogens with zero attached hydrogens (tertiary/aromatic N) is 1. The molecule has 0 bridgehead atoms. The molecule has 1 aliphatic rings. The molecule has 11 heteroatoms. The maximum absolute atomic E-state index is 13.3. The van der Waals surface area contributed by atoms with Gasteiger partial charge in [-0.1, -0.05) is 23.2 Å². The molecule has 33 heavy (non-hydrogen) atoms. The molecule has 1 fully saturated rings. The Morgan fingerprint density at radius 2 is 1.88 bits per heavy atom. The first kappa shape index (κ1) is 22.8. The second kappa shape index (κ2) is 9.21. The summed E-state index contributed by atoms with van der Waals surface area (Å²) in [6.45, 7) is -0.325. The summed E-state index contributed by atoms with van der Waals surface area (Å²) >= 11 is 12.6. The Hall–Kier alpha value is -3.43. The number of aromatic amines is 1. The van der Waals surface area contributed by atoms with Gasteiger partial charge in [-0.05, 0) is 31.0 Å². The maximum Gasteiger partial charge on any atom is 0.325 e. The van der Waals surface area contributed by atoms with Crippen LogP contribution < -0.4 is 10.6 Å². The monoisotopic (exact) mass is 488 g/mol. The molecule has 3 aromatic rings. The van der Waals surface area contributed by atoms with Gasteiger partial charge in [-0.3, -0.25) is 19.2 Å². The predicted octanol–water partition coefficient (Wildman–Crippen LogP) is 3.35. The van der Waals surface area contributed by atoms with Gasteiger partial charge in [0.05, 0.1) is 28.2 Å². The quantitative estimate of drug-likeness (QED) is 0.345. The predicted molar refractivity (Wildman–Crippen MR) is 122 cm³/mol. The SMILES string of the molecule is COC(=O)CNC(=O)c1cc(Cl)c(C(=O)c2c[nH]c3c(NC(=O)C4CC4)nccc23)c(Cl)c1. The Morgan fingerprint density at radius 3 is 2.52 bits per heavy atom. The van der Waals surface area contributed by atoms with Crippen LogP contribution in [0.5, 0.6) is 0 Å². The van der Waals surface area contributed by atoms with E-state index < -0.39 is 17.7 Å². The van der Waals surface area contributed by atoms with Gasteiger partial charge in [-0.2, -0.15) is 0 Å². The second-order valence-corrected chi connectivity index (χ2v) is 8.27. The number of ketones is 1. The lowest BCUT2D eigenvalue weighted by Gasteiger charge is -2.10. The van der Waals surface area contributed by atoms with E-state index in [1.165, 1.54) is 31.6 Å². The van der Waals surface area contributed by atoms with Crippen molar-refractivity contribution >= 4 is 63.5 Å². The molecule has 9 nitrogen and oxygen atoms in total. The molecular formula is C22H18Cl2N4O5. The molecule has 1 aromatic carbocycles. The number of aromatic nitrogens is 2. The van der Waals surface area contributed by atoms with E-state index in [0.29, 0.717) is 16.7 Å². The van der Waals surface area contributed by atoms with E-state index in [1.54, 1.807) is 6.07 Å². The summed E-state index contributed by atoms with van der Waals surface area (Å²) in [4.78, 5) is 56.1. The van der Waals surface area contributed by atoms with E-state index in [2.05, 4.69) is 25.3 Å². The van der Waals surface area contributed by atoms with Crippen LogP contribution in [0.1, 0.15) is 39.1 Å². The average Bonchev–Trinajstić information content (AvgIpc) is 3.55. The first-order chi connectivity index (χ1) is 15.8. The van der Waals surface area contributed by atoms with Gasteiger partial charge >= 0.3 is 5.97 Å².